The van der Waals surface area contributed by atoms with Crippen LogP contribution in [-0.2, 0) is 16.0 Å². The number of ether oxygens (including phenoxy) is 3. The van der Waals surface area contributed by atoms with E-state index in [2.05, 4.69) is 42.7 Å². The molecule has 1 unspecified atom stereocenters. The van der Waals surface area contributed by atoms with Crippen molar-refractivity contribution in [2.75, 3.05) is 46.6 Å². The van der Waals surface area contributed by atoms with Gasteiger partial charge in [0.15, 0.2) is 5.96 Å². The quantitative estimate of drug-likeness (QED) is 0.228. The Balaban J connectivity index is 0.00000364. The van der Waals surface area contributed by atoms with Gasteiger partial charge in [-0.1, -0.05) is 12.1 Å². The second-order valence-corrected chi connectivity index (χ2v) is 6.62. The average molecular weight is 491 g/mol. The Morgan fingerprint density at radius 1 is 1.33 bits per heavy atom. The molecule has 2 rings (SSSR count). The minimum Gasteiger partial charge on any atom is -0.493 e. The van der Waals surface area contributed by atoms with Crippen LogP contribution in [0, 0.1) is 12.8 Å². The summed E-state index contributed by atoms with van der Waals surface area (Å²) >= 11 is 0. The summed E-state index contributed by atoms with van der Waals surface area (Å²) in [6.07, 6.45) is 2.03. The van der Waals surface area contributed by atoms with E-state index in [1.807, 2.05) is 0 Å². The van der Waals surface area contributed by atoms with Crippen molar-refractivity contribution < 1.29 is 14.2 Å². The van der Waals surface area contributed by atoms with Crippen molar-refractivity contribution in [3.63, 3.8) is 0 Å². The summed E-state index contributed by atoms with van der Waals surface area (Å²) < 4.78 is 16.6. The largest absolute Gasteiger partial charge is 0.493 e. The molecule has 0 aromatic heterocycles. The van der Waals surface area contributed by atoms with Gasteiger partial charge in [-0.2, -0.15) is 0 Å². The zero-order valence-electron chi connectivity index (χ0n) is 16.8. The van der Waals surface area contributed by atoms with Crippen LogP contribution in [0.4, 0.5) is 0 Å². The number of methoxy groups -OCH3 is 1. The van der Waals surface area contributed by atoms with Gasteiger partial charge in [-0.15, -0.1) is 24.0 Å². The van der Waals surface area contributed by atoms with Crippen LogP contribution in [0.25, 0.3) is 0 Å². The van der Waals surface area contributed by atoms with E-state index in [4.69, 9.17) is 19.2 Å². The van der Waals surface area contributed by atoms with Gasteiger partial charge in [-0.25, -0.2) is 4.99 Å². The maximum absolute atomic E-state index is 6.10. The van der Waals surface area contributed by atoms with E-state index in [9.17, 15) is 0 Å². The summed E-state index contributed by atoms with van der Waals surface area (Å²) in [5.41, 5.74) is 2.30. The van der Waals surface area contributed by atoms with Crippen molar-refractivity contribution in [1.29, 1.82) is 0 Å². The molecule has 1 aromatic carbocycles. The number of aryl methyl sites for hydroxylation is 1. The molecule has 0 radical (unpaired) electrons. The lowest BCUT2D eigenvalue weighted by atomic mass is 10.1. The van der Waals surface area contributed by atoms with Gasteiger partial charge in [0.05, 0.1) is 19.8 Å². The first-order valence-electron chi connectivity index (χ1n) is 9.54. The number of hydrogen-bond acceptors (Lipinski definition) is 4. The molecule has 0 aliphatic carbocycles. The average Bonchev–Trinajstić information content (AvgIpc) is 3.16. The highest BCUT2D eigenvalue weighted by Gasteiger charge is 2.17. The third-order valence-electron chi connectivity index (χ3n) is 4.29. The lowest BCUT2D eigenvalue weighted by Crippen LogP contribution is -2.38. The molecule has 7 heteroatoms. The molecular weight excluding hydrogens is 457 g/mol. The van der Waals surface area contributed by atoms with E-state index >= 15 is 0 Å². The van der Waals surface area contributed by atoms with Crippen LogP contribution in [-0.4, -0.2) is 52.6 Å². The van der Waals surface area contributed by atoms with Gasteiger partial charge in [-0.3, -0.25) is 0 Å². The minimum absolute atomic E-state index is 0. The highest BCUT2D eigenvalue weighted by molar-refractivity contribution is 14.0. The lowest BCUT2D eigenvalue weighted by Gasteiger charge is -2.15. The second kappa shape index (κ2) is 14.0. The number of halogens is 1. The first kappa shape index (κ1) is 24.0. The van der Waals surface area contributed by atoms with Gasteiger partial charge >= 0.3 is 0 Å². The molecule has 1 aliphatic rings. The first-order chi connectivity index (χ1) is 12.7. The number of aliphatic imine (C=N–C) groups is 1. The monoisotopic (exact) mass is 491 g/mol. The lowest BCUT2D eigenvalue weighted by molar-refractivity contribution is 0.166. The van der Waals surface area contributed by atoms with Gasteiger partial charge in [0, 0.05) is 44.9 Å². The Labute approximate surface area is 180 Å². The highest BCUT2D eigenvalue weighted by atomic mass is 127. The number of nitrogens with zero attached hydrogens (tertiary/aromatic N) is 1. The zero-order valence-corrected chi connectivity index (χ0v) is 19.1. The standard InChI is InChI=1S/C20H33N3O3.HI/c1-4-21-20(22-9-5-10-24-3)23-13-18-7-6-16(2)12-19(18)26-15-17-8-11-25-14-17;/h6-7,12,17H,4-5,8-11,13-15H2,1-3H3,(H2,21,22,23);1H. The number of hydrogen-bond donors (Lipinski definition) is 2. The van der Waals surface area contributed by atoms with E-state index in [0.717, 1.165) is 63.0 Å². The van der Waals surface area contributed by atoms with Crippen molar-refractivity contribution in [3.8, 4) is 5.75 Å². The summed E-state index contributed by atoms with van der Waals surface area (Å²) in [7, 11) is 1.72. The molecule has 154 valence electrons. The Hall–Kier alpha value is -1.06. The molecule has 1 aromatic rings. The predicted octanol–water partition coefficient (Wildman–Crippen LogP) is 3.12. The molecule has 1 heterocycles. The van der Waals surface area contributed by atoms with Crippen LogP contribution in [0.15, 0.2) is 23.2 Å². The Morgan fingerprint density at radius 3 is 2.89 bits per heavy atom. The van der Waals surface area contributed by atoms with Crippen molar-refractivity contribution >= 4 is 29.9 Å². The van der Waals surface area contributed by atoms with Crippen LogP contribution in [0.5, 0.6) is 5.75 Å². The molecule has 1 aliphatic heterocycles. The number of benzene rings is 1. The smallest absolute Gasteiger partial charge is 0.191 e. The molecule has 0 bridgehead atoms. The summed E-state index contributed by atoms with van der Waals surface area (Å²) in [5, 5.41) is 6.61. The number of guanidine groups is 1. The molecular formula is C20H34IN3O3. The number of nitrogens with one attached hydrogen (secondary N) is 2. The van der Waals surface area contributed by atoms with E-state index in [1.54, 1.807) is 7.11 Å². The molecule has 0 saturated carbocycles. The Bertz CT molecular complexity index is 563. The topological polar surface area (TPSA) is 64.1 Å². The molecule has 1 atom stereocenters. The highest BCUT2D eigenvalue weighted by Crippen LogP contribution is 2.23. The fourth-order valence-electron chi connectivity index (χ4n) is 2.78. The van der Waals surface area contributed by atoms with Crippen LogP contribution in [0.2, 0.25) is 0 Å². The summed E-state index contributed by atoms with van der Waals surface area (Å²) in [6.45, 7) is 9.48. The molecule has 27 heavy (non-hydrogen) atoms. The van der Waals surface area contributed by atoms with Gasteiger partial charge < -0.3 is 24.8 Å². The second-order valence-electron chi connectivity index (χ2n) is 6.62. The van der Waals surface area contributed by atoms with Gasteiger partial charge in [0.2, 0.25) is 0 Å². The Kier molecular flexibility index (Phi) is 12.4. The van der Waals surface area contributed by atoms with Crippen LogP contribution < -0.4 is 15.4 Å². The fourth-order valence-corrected chi connectivity index (χ4v) is 2.78. The maximum Gasteiger partial charge on any atom is 0.191 e. The van der Waals surface area contributed by atoms with Crippen molar-refractivity contribution in [1.82, 2.24) is 10.6 Å². The van der Waals surface area contributed by atoms with E-state index in [-0.39, 0.29) is 24.0 Å². The zero-order chi connectivity index (χ0) is 18.6. The Morgan fingerprint density at radius 2 is 2.19 bits per heavy atom. The predicted molar refractivity (Wildman–Crippen MR) is 120 cm³/mol. The summed E-state index contributed by atoms with van der Waals surface area (Å²) in [6, 6.07) is 6.31. The summed E-state index contributed by atoms with van der Waals surface area (Å²) in [5.74, 6) is 2.24. The van der Waals surface area contributed by atoms with E-state index in [1.165, 1.54) is 5.56 Å². The van der Waals surface area contributed by atoms with Crippen molar-refractivity contribution in [2.24, 2.45) is 10.9 Å². The van der Waals surface area contributed by atoms with Crippen molar-refractivity contribution in [3.05, 3.63) is 29.3 Å². The molecule has 6 nitrogen and oxygen atoms in total. The van der Waals surface area contributed by atoms with Crippen LogP contribution in [0.3, 0.4) is 0 Å². The number of rotatable bonds is 10. The fraction of sp³-hybridized carbons (Fsp3) is 0.650. The van der Waals surface area contributed by atoms with Crippen LogP contribution >= 0.6 is 24.0 Å². The van der Waals surface area contributed by atoms with E-state index < -0.39 is 0 Å². The van der Waals surface area contributed by atoms with Gasteiger partial charge in [0.1, 0.15) is 5.75 Å². The SMILES string of the molecule is CCNC(=NCc1ccc(C)cc1OCC1CCOC1)NCCCOC.I. The molecule has 1 saturated heterocycles. The molecule has 2 N–H and O–H groups in total. The van der Waals surface area contributed by atoms with Gasteiger partial charge in [0.25, 0.3) is 0 Å². The third kappa shape index (κ3) is 9.12. The normalized spacial score (nSPS) is 16.7. The maximum atomic E-state index is 6.10. The van der Waals surface area contributed by atoms with E-state index in [0.29, 0.717) is 19.1 Å². The van der Waals surface area contributed by atoms with Crippen LogP contribution in [0.1, 0.15) is 30.9 Å². The summed E-state index contributed by atoms with van der Waals surface area (Å²) in [4.78, 5) is 4.70. The third-order valence-corrected chi connectivity index (χ3v) is 4.29. The van der Waals surface area contributed by atoms with Gasteiger partial charge in [-0.05, 0) is 38.3 Å². The molecule has 0 amide bonds. The first-order valence-corrected chi connectivity index (χ1v) is 9.54. The minimum atomic E-state index is 0. The molecule has 0 spiro atoms. The van der Waals surface area contributed by atoms with Crippen molar-refractivity contribution in [2.45, 2.75) is 33.2 Å². The molecule has 1 fully saturated rings.